The summed E-state index contributed by atoms with van der Waals surface area (Å²) in [6, 6.07) is 1.42. The number of hydrogen-bond acceptors (Lipinski definition) is 4. The van der Waals surface area contributed by atoms with Gasteiger partial charge in [-0.15, -0.1) is 0 Å². The lowest BCUT2D eigenvalue weighted by Gasteiger charge is -2.53. The van der Waals surface area contributed by atoms with Gasteiger partial charge in [-0.3, -0.25) is 9.69 Å². The van der Waals surface area contributed by atoms with E-state index in [1.54, 1.807) is 27.9 Å². The van der Waals surface area contributed by atoms with Crippen LogP contribution in [0.3, 0.4) is 0 Å². The molecule has 0 N–H and O–H groups in total. The zero-order chi connectivity index (χ0) is 27.4. The summed E-state index contributed by atoms with van der Waals surface area (Å²) in [6.07, 6.45) is 17.2. The van der Waals surface area contributed by atoms with Crippen LogP contribution >= 0.6 is 0 Å². The third-order valence-corrected chi connectivity index (χ3v) is 13.4. The average Bonchev–Trinajstić information content (AvgIpc) is 3.33. The second-order valence-electron chi connectivity index (χ2n) is 14.9. The summed E-state index contributed by atoms with van der Waals surface area (Å²) in [5, 5.41) is 0. The molecule has 9 aliphatic rings. The van der Waals surface area contributed by atoms with Crippen LogP contribution in [-0.4, -0.2) is 48.8 Å². The molecule has 5 atom stereocenters. The van der Waals surface area contributed by atoms with Crippen LogP contribution in [0.1, 0.15) is 111 Å². The van der Waals surface area contributed by atoms with Gasteiger partial charge in [0.05, 0.1) is 19.3 Å². The molecule has 6 saturated carbocycles. The van der Waals surface area contributed by atoms with Crippen molar-refractivity contribution in [3.63, 3.8) is 0 Å². The van der Waals surface area contributed by atoms with E-state index in [2.05, 4.69) is 18.9 Å². The number of hydrogen-bond donors (Lipinski definition) is 0. The summed E-state index contributed by atoms with van der Waals surface area (Å²) < 4.78 is 12.4. The van der Waals surface area contributed by atoms with Crippen molar-refractivity contribution in [3.05, 3.63) is 33.4 Å². The van der Waals surface area contributed by atoms with Crippen LogP contribution < -0.4 is 0 Å². The van der Waals surface area contributed by atoms with E-state index in [1.165, 1.54) is 51.4 Å². The minimum absolute atomic E-state index is 0.0877. The van der Waals surface area contributed by atoms with E-state index in [4.69, 9.17) is 9.47 Å². The largest absolute Gasteiger partial charge is 0.348 e. The van der Waals surface area contributed by atoms with Crippen molar-refractivity contribution >= 4 is 5.78 Å². The quantitative estimate of drug-likeness (QED) is 0.344. The summed E-state index contributed by atoms with van der Waals surface area (Å²) in [4.78, 5) is 16.2. The summed E-state index contributed by atoms with van der Waals surface area (Å²) in [6.45, 7) is 7.90. The summed E-state index contributed by atoms with van der Waals surface area (Å²) in [7, 11) is 2.42. The third-order valence-electron chi connectivity index (χ3n) is 13.4. The highest BCUT2D eigenvalue weighted by atomic mass is 16.7. The van der Waals surface area contributed by atoms with Crippen molar-refractivity contribution in [1.29, 1.82) is 0 Å². The van der Waals surface area contributed by atoms with E-state index in [0.717, 1.165) is 57.8 Å². The smallest absolute Gasteiger partial charge is 0.169 e. The Morgan fingerprint density at radius 2 is 1.55 bits per heavy atom. The third kappa shape index (κ3) is 3.51. The fraction of sp³-hybridized carbons (Fsp3) is 0.806. The van der Waals surface area contributed by atoms with Gasteiger partial charge >= 0.3 is 0 Å². The Balaban J connectivity index is 0.00000120. The van der Waals surface area contributed by atoms with Crippen molar-refractivity contribution in [1.82, 2.24) is 4.90 Å². The molecule has 0 amide bonds. The number of Topliss-reactive ketones (excluding diaryl/α,β-unsaturated/α-hetero) is 1. The minimum atomic E-state index is -0.298. The number of rotatable bonds is 3. The minimum Gasteiger partial charge on any atom is -0.348 e. The van der Waals surface area contributed by atoms with E-state index in [0.29, 0.717) is 41.4 Å². The van der Waals surface area contributed by atoms with E-state index in [-0.39, 0.29) is 11.2 Å². The molecule has 8 aliphatic carbocycles. The van der Waals surface area contributed by atoms with E-state index >= 15 is 0 Å². The first kappa shape index (κ1) is 26.4. The zero-order valence-electron chi connectivity index (χ0n) is 25.5. The molecule has 0 aromatic heterocycles. The van der Waals surface area contributed by atoms with Crippen molar-refractivity contribution < 1.29 is 14.3 Å². The molecule has 0 aromatic rings. The van der Waals surface area contributed by atoms with Crippen molar-refractivity contribution in [2.45, 2.75) is 129 Å². The number of ketones is 1. The Morgan fingerprint density at radius 1 is 0.825 bits per heavy atom. The molecule has 218 valence electrons. The predicted molar refractivity (Wildman–Crippen MR) is 158 cm³/mol. The molecule has 1 aliphatic heterocycles. The molecule has 4 heteroatoms. The maximum Gasteiger partial charge on any atom is 0.169 e. The highest BCUT2D eigenvalue weighted by molar-refractivity contribution is 5.88. The Labute approximate surface area is 242 Å². The average molecular weight is 546 g/mol. The first-order chi connectivity index (χ1) is 19.5. The molecule has 1 saturated heterocycles. The molecule has 7 fully saturated rings. The normalized spacial score (nSPS) is 40.2. The van der Waals surface area contributed by atoms with Crippen molar-refractivity contribution in [3.8, 4) is 0 Å². The van der Waals surface area contributed by atoms with Crippen LogP contribution in [0.2, 0.25) is 0 Å². The maximum absolute atomic E-state index is 13.4. The lowest BCUT2D eigenvalue weighted by Crippen LogP contribution is -2.48. The molecule has 0 aromatic carbocycles. The molecule has 2 bridgehead atoms. The van der Waals surface area contributed by atoms with Crippen molar-refractivity contribution in [2.24, 2.45) is 35.0 Å². The van der Waals surface area contributed by atoms with E-state index in [1.807, 2.05) is 19.4 Å². The van der Waals surface area contributed by atoms with Crippen LogP contribution in [0.4, 0.5) is 0 Å². The highest BCUT2D eigenvalue weighted by Crippen LogP contribution is 2.73. The van der Waals surface area contributed by atoms with Crippen molar-refractivity contribution in [2.75, 3.05) is 20.3 Å². The number of fused-ring (bicyclic) bond motifs is 7. The van der Waals surface area contributed by atoms with Gasteiger partial charge in [-0.05, 0) is 104 Å². The predicted octanol–water partition coefficient (Wildman–Crippen LogP) is 7.54. The van der Waals surface area contributed by atoms with E-state index < -0.39 is 0 Å². The topological polar surface area (TPSA) is 38.8 Å². The molecular formula is C36H51NO3. The molecule has 0 radical (unpaired) electrons. The van der Waals surface area contributed by atoms with Crippen LogP contribution in [-0.2, 0) is 14.3 Å². The maximum atomic E-state index is 13.4. The van der Waals surface area contributed by atoms with Gasteiger partial charge in [0.15, 0.2) is 5.79 Å². The second kappa shape index (κ2) is 9.38. The monoisotopic (exact) mass is 545 g/mol. The Bertz CT molecular complexity index is 1170. The first-order valence-electron chi connectivity index (χ1n) is 17.2. The summed E-state index contributed by atoms with van der Waals surface area (Å²) in [5.41, 5.74) is 10.7. The number of allylic oxidation sites excluding steroid dienone is 4. The fourth-order valence-corrected chi connectivity index (χ4v) is 11.7. The standard InChI is InChI=1S/C34H45NO3.C2H6/c1-33-18-25(31-29-23-16-24(30(29)31)32(23)35(2)20-6-4-3-5-7-20)28-21-12-13-34(37-14-15-38-34)17-19(21)8-9-22(28)26(33)10-11-27(33)36;1-2/h19-20,22,25-26,31-32H,3-18H2,1-2H3;1-2H3. The van der Waals surface area contributed by atoms with E-state index in [9.17, 15) is 4.79 Å². The van der Waals surface area contributed by atoms with Gasteiger partial charge in [0.2, 0.25) is 0 Å². The number of likely N-dealkylation sites (N-methyl/N-ethyl adjacent to an activating group) is 1. The van der Waals surface area contributed by atoms with Gasteiger partial charge in [0.1, 0.15) is 5.78 Å². The molecule has 40 heavy (non-hydrogen) atoms. The van der Waals surface area contributed by atoms with Crippen LogP contribution in [0, 0.1) is 35.0 Å². The van der Waals surface area contributed by atoms with Gasteiger partial charge in [0, 0.05) is 36.6 Å². The molecule has 5 unspecified atom stereocenters. The number of carbonyl (C=O) groups excluding carboxylic acids is 1. The first-order valence-corrected chi connectivity index (χ1v) is 17.2. The lowest BCUT2D eigenvalue weighted by molar-refractivity contribution is -0.181. The number of carbonyl (C=O) groups is 1. The zero-order valence-corrected chi connectivity index (χ0v) is 25.5. The van der Waals surface area contributed by atoms with Gasteiger partial charge < -0.3 is 9.47 Å². The molecule has 9 rings (SSSR count). The number of ether oxygens (including phenoxy) is 2. The fourth-order valence-electron chi connectivity index (χ4n) is 11.7. The van der Waals surface area contributed by atoms with Gasteiger partial charge in [0.25, 0.3) is 0 Å². The summed E-state index contributed by atoms with van der Waals surface area (Å²) >= 11 is 0. The van der Waals surface area contributed by atoms with Gasteiger partial charge in [-0.1, -0.05) is 51.2 Å². The Morgan fingerprint density at radius 3 is 2.27 bits per heavy atom. The molecule has 4 nitrogen and oxygen atoms in total. The Hall–Kier alpha value is -1.23. The Kier molecular flexibility index (Phi) is 6.19. The van der Waals surface area contributed by atoms with Crippen LogP contribution in [0.15, 0.2) is 33.4 Å². The van der Waals surface area contributed by atoms with Crippen LogP contribution in [0.5, 0.6) is 0 Å². The molecule has 1 spiro atoms. The van der Waals surface area contributed by atoms with Crippen LogP contribution in [0.25, 0.3) is 0 Å². The molecular weight excluding hydrogens is 494 g/mol. The second-order valence-corrected chi connectivity index (χ2v) is 14.9. The van der Waals surface area contributed by atoms with Gasteiger partial charge in [-0.2, -0.15) is 0 Å². The molecule has 1 heterocycles. The summed E-state index contributed by atoms with van der Waals surface area (Å²) in [5.74, 6) is 3.36. The highest BCUT2D eigenvalue weighted by Gasteiger charge is 2.65. The number of nitrogens with zero attached hydrogens (tertiary/aromatic N) is 1. The SMILES string of the molecule is CC.CN(C1CCCCC1)C1C2=C3C(=C1C2)C3C1CC2(C)C(=O)CCC2C2CCC3CC4(CCC3=C12)OCCO4. The van der Waals surface area contributed by atoms with Gasteiger partial charge in [-0.25, -0.2) is 0 Å². The lowest BCUT2D eigenvalue weighted by atomic mass is 9.52.